The number of amides is 2. The van der Waals surface area contributed by atoms with Crippen LogP contribution >= 0.6 is 34.4 Å². The number of anilines is 2. The topological polar surface area (TPSA) is 111 Å². The van der Waals surface area contributed by atoms with Crippen molar-refractivity contribution in [2.45, 2.75) is 18.7 Å². The van der Waals surface area contributed by atoms with Gasteiger partial charge in [-0.15, -0.1) is 34.4 Å². The van der Waals surface area contributed by atoms with E-state index in [-0.39, 0.29) is 29.4 Å². The number of esters is 2. The highest BCUT2D eigenvalue weighted by molar-refractivity contribution is 8.00. The van der Waals surface area contributed by atoms with Crippen LogP contribution in [0.25, 0.3) is 10.4 Å². The summed E-state index contributed by atoms with van der Waals surface area (Å²) in [6.07, 6.45) is 0. The lowest BCUT2D eigenvalue weighted by molar-refractivity contribution is -0.119. The second kappa shape index (κ2) is 13.9. The zero-order chi connectivity index (χ0) is 28.5. The number of carbonyl (C=O) groups excluding carboxylic acids is 4. The second-order valence-electron chi connectivity index (χ2n) is 8.37. The molecule has 0 saturated heterocycles. The molecule has 0 spiro atoms. The summed E-state index contributed by atoms with van der Waals surface area (Å²) in [5.74, 6) is -1.97. The smallest absolute Gasteiger partial charge is 0.341 e. The first-order valence-electron chi connectivity index (χ1n) is 12.2. The molecule has 206 valence electrons. The molecular formula is C29H26N2O6S3. The van der Waals surface area contributed by atoms with Crippen molar-refractivity contribution >= 4 is 68.9 Å². The lowest BCUT2D eigenvalue weighted by Crippen LogP contribution is -2.22. The van der Waals surface area contributed by atoms with Crippen LogP contribution in [0.4, 0.5) is 10.7 Å². The zero-order valence-electron chi connectivity index (χ0n) is 21.7. The van der Waals surface area contributed by atoms with Crippen LogP contribution in [0.15, 0.2) is 76.3 Å². The van der Waals surface area contributed by atoms with E-state index in [1.54, 1.807) is 36.6 Å². The molecule has 8 nitrogen and oxygen atoms in total. The van der Waals surface area contributed by atoms with E-state index in [2.05, 4.69) is 10.6 Å². The van der Waals surface area contributed by atoms with E-state index >= 15 is 0 Å². The normalized spacial score (nSPS) is 10.6. The number of aryl methyl sites for hydroxylation is 1. The molecule has 11 heteroatoms. The van der Waals surface area contributed by atoms with E-state index in [4.69, 9.17) is 9.47 Å². The number of hydrogen-bond acceptors (Lipinski definition) is 9. The van der Waals surface area contributed by atoms with Crippen LogP contribution in [-0.4, -0.2) is 42.7 Å². The third-order valence-corrected chi connectivity index (χ3v) is 8.32. The average molecular weight is 595 g/mol. The second-order valence-corrected chi connectivity index (χ2v) is 11.2. The maximum Gasteiger partial charge on any atom is 0.341 e. The van der Waals surface area contributed by atoms with Gasteiger partial charge in [0, 0.05) is 26.4 Å². The largest absolute Gasteiger partial charge is 0.462 e. The van der Waals surface area contributed by atoms with Crippen molar-refractivity contribution in [3.8, 4) is 10.4 Å². The number of benzene rings is 2. The third kappa shape index (κ3) is 7.59. The zero-order valence-corrected chi connectivity index (χ0v) is 24.2. The van der Waals surface area contributed by atoms with Crippen LogP contribution in [0.1, 0.15) is 33.2 Å². The van der Waals surface area contributed by atoms with Gasteiger partial charge in [0.2, 0.25) is 5.91 Å². The van der Waals surface area contributed by atoms with Gasteiger partial charge in [-0.05, 0) is 49.6 Å². The number of carbonyl (C=O) groups is 4. The number of nitrogens with one attached hydrogen (secondary N) is 2. The van der Waals surface area contributed by atoms with Gasteiger partial charge in [-0.3, -0.25) is 9.59 Å². The number of ether oxygens (including phenoxy) is 2. The van der Waals surface area contributed by atoms with Crippen molar-refractivity contribution in [3.05, 3.63) is 88.1 Å². The van der Waals surface area contributed by atoms with E-state index in [0.29, 0.717) is 21.1 Å². The highest BCUT2D eigenvalue weighted by Gasteiger charge is 2.24. The van der Waals surface area contributed by atoms with E-state index < -0.39 is 24.5 Å². The van der Waals surface area contributed by atoms with Crippen LogP contribution in [-0.2, 0) is 19.1 Å². The summed E-state index contributed by atoms with van der Waals surface area (Å²) < 4.78 is 10.5. The molecule has 0 aliphatic heterocycles. The molecule has 40 heavy (non-hydrogen) atoms. The van der Waals surface area contributed by atoms with Crippen molar-refractivity contribution in [1.29, 1.82) is 0 Å². The Morgan fingerprint density at radius 2 is 1.62 bits per heavy atom. The molecule has 2 aromatic heterocycles. The van der Waals surface area contributed by atoms with Crippen molar-refractivity contribution < 1.29 is 28.7 Å². The Morgan fingerprint density at radius 1 is 0.850 bits per heavy atom. The molecule has 2 amide bonds. The van der Waals surface area contributed by atoms with Crippen LogP contribution in [0.2, 0.25) is 0 Å². The van der Waals surface area contributed by atoms with Gasteiger partial charge >= 0.3 is 11.9 Å². The summed E-state index contributed by atoms with van der Waals surface area (Å²) in [7, 11) is 0. The number of thioether (sulfide) groups is 1. The molecule has 0 aliphatic carbocycles. The molecule has 0 saturated carbocycles. The van der Waals surface area contributed by atoms with Gasteiger partial charge in [0.05, 0.1) is 17.9 Å². The van der Waals surface area contributed by atoms with Crippen LogP contribution in [0.3, 0.4) is 0 Å². The van der Waals surface area contributed by atoms with Crippen molar-refractivity contribution in [2.75, 3.05) is 29.6 Å². The highest BCUT2D eigenvalue weighted by Crippen LogP contribution is 2.38. The maximum atomic E-state index is 12.8. The fourth-order valence-electron chi connectivity index (χ4n) is 3.58. The van der Waals surface area contributed by atoms with Gasteiger partial charge < -0.3 is 20.1 Å². The predicted octanol–water partition coefficient (Wildman–Crippen LogP) is 6.49. The van der Waals surface area contributed by atoms with E-state index in [9.17, 15) is 19.2 Å². The Bertz CT molecular complexity index is 1500. The number of thiophene rings is 2. The Hall–Kier alpha value is -3.93. The highest BCUT2D eigenvalue weighted by atomic mass is 32.2. The van der Waals surface area contributed by atoms with Gasteiger partial charge in [-0.25, -0.2) is 9.59 Å². The fraction of sp³-hybridized carbons (Fsp3) is 0.172. The predicted molar refractivity (Wildman–Crippen MR) is 159 cm³/mol. The standard InChI is InChI=1S/C29H26N2O6S3/c1-3-36-29(35)26-21(23-9-6-14-38-23)16-40-27(26)31-24(32)15-37-28(34)20-7-4-5-8-22(20)39-17-25(33)30-19-12-10-18(2)11-13-19/h4-14,16H,3,15,17H2,1-2H3,(H,30,33)(H,31,32). The van der Waals surface area contributed by atoms with Crippen LogP contribution in [0, 0.1) is 6.92 Å². The maximum absolute atomic E-state index is 12.8. The Morgan fingerprint density at radius 3 is 2.35 bits per heavy atom. The SMILES string of the molecule is CCOC(=O)c1c(-c2cccs2)csc1NC(=O)COC(=O)c1ccccc1SCC(=O)Nc1ccc(C)cc1. The molecule has 0 bridgehead atoms. The van der Waals surface area contributed by atoms with E-state index in [1.165, 1.54) is 34.4 Å². The average Bonchev–Trinajstić information content (AvgIpc) is 3.62. The summed E-state index contributed by atoms with van der Waals surface area (Å²) in [5.41, 5.74) is 2.95. The minimum Gasteiger partial charge on any atom is -0.462 e. The van der Waals surface area contributed by atoms with Gasteiger partial charge in [0.25, 0.3) is 5.91 Å². The quantitative estimate of drug-likeness (QED) is 0.151. The van der Waals surface area contributed by atoms with Gasteiger partial charge in [-0.2, -0.15) is 0 Å². The number of hydrogen-bond donors (Lipinski definition) is 2. The molecule has 0 unspecified atom stereocenters. The molecule has 2 N–H and O–H groups in total. The summed E-state index contributed by atoms with van der Waals surface area (Å²) >= 11 is 3.85. The summed E-state index contributed by atoms with van der Waals surface area (Å²) in [6.45, 7) is 3.31. The Kier molecular flexibility index (Phi) is 10.1. The Balaban J connectivity index is 1.36. The third-order valence-electron chi connectivity index (χ3n) is 5.45. The molecule has 4 aromatic rings. The fourth-order valence-corrected chi connectivity index (χ4v) is 6.21. The minimum atomic E-state index is -0.701. The van der Waals surface area contributed by atoms with Gasteiger partial charge in [0.15, 0.2) is 6.61 Å². The lowest BCUT2D eigenvalue weighted by Gasteiger charge is -2.11. The van der Waals surface area contributed by atoms with Crippen LogP contribution in [0.5, 0.6) is 0 Å². The van der Waals surface area contributed by atoms with Gasteiger partial charge in [0.1, 0.15) is 10.6 Å². The molecule has 0 aliphatic rings. The van der Waals surface area contributed by atoms with Gasteiger partial charge in [-0.1, -0.05) is 35.9 Å². The molecule has 0 atom stereocenters. The van der Waals surface area contributed by atoms with Crippen LogP contribution < -0.4 is 10.6 Å². The molecular weight excluding hydrogens is 569 g/mol. The number of rotatable bonds is 11. The molecule has 0 radical (unpaired) electrons. The summed E-state index contributed by atoms with van der Waals surface area (Å²) in [6, 6.07) is 17.9. The van der Waals surface area contributed by atoms with Crippen molar-refractivity contribution in [1.82, 2.24) is 0 Å². The molecule has 2 aromatic carbocycles. The van der Waals surface area contributed by atoms with E-state index in [1.807, 2.05) is 48.7 Å². The van der Waals surface area contributed by atoms with Crippen molar-refractivity contribution in [2.24, 2.45) is 0 Å². The molecule has 2 heterocycles. The molecule has 4 rings (SSSR count). The monoisotopic (exact) mass is 594 g/mol. The first-order valence-corrected chi connectivity index (χ1v) is 15.0. The summed E-state index contributed by atoms with van der Waals surface area (Å²) in [4.78, 5) is 52.0. The minimum absolute atomic E-state index is 0.0836. The lowest BCUT2D eigenvalue weighted by atomic mass is 10.1. The first kappa shape index (κ1) is 29.1. The summed E-state index contributed by atoms with van der Waals surface area (Å²) in [5, 5.41) is 9.48. The van der Waals surface area contributed by atoms with Crippen molar-refractivity contribution in [3.63, 3.8) is 0 Å². The Labute approximate surface area is 243 Å². The first-order chi connectivity index (χ1) is 19.4. The molecule has 0 fully saturated rings. The van der Waals surface area contributed by atoms with E-state index in [0.717, 1.165) is 10.4 Å².